The fraction of sp³-hybridized carbons (Fsp3) is 0.0455. The van der Waals surface area contributed by atoms with Gasteiger partial charge in [0.05, 0.1) is 18.1 Å². The smallest absolute Gasteiger partial charge is 0.255 e. The first-order valence-electron chi connectivity index (χ1n) is 8.79. The minimum atomic E-state index is -0.226. The molecule has 0 saturated heterocycles. The van der Waals surface area contributed by atoms with Crippen molar-refractivity contribution in [2.45, 2.75) is 0 Å². The minimum absolute atomic E-state index is 0.226. The van der Waals surface area contributed by atoms with Crippen LogP contribution in [0.3, 0.4) is 0 Å². The third-order valence-electron chi connectivity index (χ3n) is 4.29. The lowest BCUT2D eigenvalue weighted by Crippen LogP contribution is -2.11. The zero-order valence-electron chi connectivity index (χ0n) is 15.6. The average molecular weight is 383 g/mol. The summed E-state index contributed by atoms with van der Waals surface area (Å²) in [5, 5.41) is 3.57. The van der Waals surface area contributed by atoms with Gasteiger partial charge in [0.25, 0.3) is 5.91 Å². The van der Waals surface area contributed by atoms with E-state index < -0.39 is 0 Å². The number of nitrogens with one attached hydrogen (secondary N) is 2. The zero-order chi connectivity index (χ0) is 20.2. The van der Waals surface area contributed by atoms with Crippen LogP contribution in [0.1, 0.15) is 21.5 Å². The molecular weight excluding hydrogens is 366 g/mol. The molecule has 142 valence electrons. The predicted octanol–water partition coefficient (Wildman–Crippen LogP) is 3.20. The number of rotatable bonds is 3. The second kappa shape index (κ2) is 7.74. The number of benzene rings is 2. The van der Waals surface area contributed by atoms with Crippen LogP contribution in [0.2, 0.25) is 0 Å². The lowest BCUT2D eigenvalue weighted by Gasteiger charge is -2.07. The normalized spacial score (nSPS) is 10.2. The summed E-state index contributed by atoms with van der Waals surface area (Å²) in [6.45, 7) is 0. The molecule has 7 nitrogen and oxygen atoms in total. The molecule has 29 heavy (non-hydrogen) atoms. The topological polar surface area (TPSA) is 106 Å². The lowest BCUT2D eigenvalue weighted by atomic mass is 10.1. The highest BCUT2D eigenvalue weighted by Gasteiger charge is 2.08. The number of ether oxygens (including phenoxy) is 1. The first-order chi connectivity index (χ1) is 14.1. The second-order valence-corrected chi connectivity index (χ2v) is 6.20. The van der Waals surface area contributed by atoms with E-state index in [1.165, 1.54) is 6.33 Å². The van der Waals surface area contributed by atoms with Crippen molar-refractivity contribution in [3.63, 3.8) is 0 Å². The van der Waals surface area contributed by atoms with Gasteiger partial charge in [-0.25, -0.2) is 9.97 Å². The highest BCUT2D eigenvalue weighted by atomic mass is 16.5. The van der Waals surface area contributed by atoms with Crippen molar-refractivity contribution < 1.29 is 9.53 Å². The second-order valence-electron chi connectivity index (χ2n) is 6.20. The number of nitrogens with two attached hydrogens (primary N) is 1. The number of anilines is 2. The maximum absolute atomic E-state index is 12.5. The summed E-state index contributed by atoms with van der Waals surface area (Å²) in [4.78, 5) is 23.7. The van der Waals surface area contributed by atoms with Gasteiger partial charge >= 0.3 is 0 Å². The summed E-state index contributed by atoms with van der Waals surface area (Å²) in [5.74, 6) is 6.94. The Morgan fingerprint density at radius 2 is 2.00 bits per heavy atom. The van der Waals surface area contributed by atoms with Crippen LogP contribution in [-0.2, 0) is 0 Å². The predicted molar refractivity (Wildman–Crippen MR) is 112 cm³/mol. The number of aromatic nitrogens is 3. The van der Waals surface area contributed by atoms with Crippen LogP contribution in [0.4, 0.5) is 11.5 Å². The van der Waals surface area contributed by atoms with Gasteiger partial charge in [-0.1, -0.05) is 24.0 Å². The number of carbonyl (C=O) groups is 1. The molecule has 0 unspecified atom stereocenters. The zero-order valence-corrected chi connectivity index (χ0v) is 15.6. The molecule has 0 aliphatic rings. The molecule has 0 fully saturated rings. The summed E-state index contributed by atoms with van der Waals surface area (Å²) < 4.78 is 5.16. The van der Waals surface area contributed by atoms with Gasteiger partial charge in [-0.3, -0.25) is 4.79 Å². The molecule has 0 bridgehead atoms. The third kappa shape index (κ3) is 3.87. The van der Waals surface area contributed by atoms with Crippen LogP contribution in [0.15, 0.2) is 61.1 Å². The quantitative estimate of drug-likeness (QED) is 0.471. The average Bonchev–Trinajstić information content (AvgIpc) is 3.17. The SMILES string of the molecule is COc1cccc(C(=O)Nc2cccc(C#Cc3c[nH]c4ncnc(N)c34)c2)c1. The molecule has 4 N–H and O–H groups in total. The van der Waals surface area contributed by atoms with Gasteiger partial charge in [-0.15, -0.1) is 0 Å². The largest absolute Gasteiger partial charge is 0.497 e. The van der Waals surface area contributed by atoms with Crippen molar-refractivity contribution in [1.82, 2.24) is 15.0 Å². The monoisotopic (exact) mass is 383 g/mol. The number of hydrogen-bond acceptors (Lipinski definition) is 5. The number of H-pyrrole nitrogens is 1. The number of methoxy groups -OCH3 is 1. The summed E-state index contributed by atoms with van der Waals surface area (Å²) in [5.41, 5.74) is 9.18. The number of hydrogen-bond donors (Lipinski definition) is 3. The number of fused-ring (bicyclic) bond motifs is 1. The van der Waals surface area contributed by atoms with E-state index in [1.54, 1.807) is 49.7 Å². The Labute approximate surface area is 166 Å². The van der Waals surface area contributed by atoms with E-state index in [0.717, 1.165) is 5.56 Å². The Morgan fingerprint density at radius 1 is 1.14 bits per heavy atom. The van der Waals surface area contributed by atoms with Crippen LogP contribution < -0.4 is 15.8 Å². The Kier molecular flexibility index (Phi) is 4.82. The Balaban J connectivity index is 1.56. The van der Waals surface area contributed by atoms with Crippen molar-refractivity contribution in [3.05, 3.63) is 77.7 Å². The number of carbonyl (C=O) groups excluding carboxylic acids is 1. The van der Waals surface area contributed by atoms with Gasteiger partial charge in [0.2, 0.25) is 0 Å². The summed E-state index contributed by atoms with van der Waals surface area (Å²) >= 11 is 0. The molecule has 0 spiro atoms. The molecular formula is C22H17N5O2. The van der Waals surface area contributed by atoms with E-state index in [-0.39, 0.29) is 5.91 Å². The minimum Gasteiger partial charge on any atom is -0.497 e. The van der Waals surface area contributed by atoms with Gasteiger partial charge in [0.15, 0.2) is 0 Å². The molecule has 2 heterocycles. The highest BCUT2D eigenvalue weighted by molar-refractivity contribution is 6.04. The molecule has 0 aliphatic heterocycles. The van der Waals surface area contributed by atoms with Gasteiger partial charge in [0.1, 0.15) is 23.5 Å². The van der Waals surface area contributed by atoms with E-state index in [2.05, 4.69) is 32.1 Å². The van der Waals surface area contributed by atoms with Crippen LogP contribution in [0, 0.1) is 11.8 Å². The van der Waals surface area contributed by atoms with E-state index in [1.807, 2.05) is 12.1 Å². The number of nitrogens with zero attached hydrogens (tertiary/aromatic N) is 2. The highest BCUT2D eigenvalue weighted by Crippen LogP contribution is 2.20. The van der Waals surface area contributed by atoms with Crippen molar-refractivity contribution in [3.8, 4) is 17.6 Å². The number of nitrogen functional groups attached to an aromatic ring is 1. The van der Waals surface area contributed by atoms with Crippen LogP contribution >= 0.6 is 0 Å². The summed E-state index contributed by atoms with van der Waals surface area (Å²) in [6.07, 6.45) is 3.15. The maximum atomic E-state index is 12.5. The van der Waals surface area contributed by atoms with Crippen molar-refractivity contribution in [2.24, 2.45) is 0 Å². The Hall–Kier alpha value is -4.31. The van der Waals surface area contributed by atoms with Gasteiger partial charge in [0, 0.05) is 23.0 Å². The fourth-order valence-electron chi connectivity index (χ4n) is 2.87. The van der Waals surface area contributed by atoms with E-state index >= 15 is 0 Å². The summed E-state index contributed by atoms with van der Waals surface area (Å²) in [6, 6.07) is 14.3. The maximum Gasteiger partial charge on any atom is 0.255 e. The molecule has 4 rings (SSSR count). The van der Waals surface area contributed by atoms with Crippen molar-refractivity contribution >= 4 is 28.4 Å². The van der Waals surface area contributed by atoms with Crippen LogP contribution in [-0.4, -0.2) is 28.0 Å². The van der Waals surface area contributed by atoms with Crippen LogP contribution in [0.5, 0.6) is 5.75 Å². The molecule has 7 heteroatoms. The van der Waals surface area contributed by atoms with Crippen LogP contribution in [0.25, 0.3) is 11.0 Å². The standard InChI is InChI=1S/C22H17N5O2/c1-29-18-7-3-5-15(11-18)22(28)27-17-6-2-4-14(10-17)8-9-16-12-24-21-19(16)20(23)25-13-26-21/h2-7,10-13H,1H3,(H,27,28)(H3,23,24,25,26). The number of aromatic amines is 1. The van der Waals surface area contributed by atoms with E-state index in [4.69, 9.17) is 10.5 Å². The van der Waals surface area contributed by atoms with Crippen molar-refractivity contribution in [2.75, 3.05) is 18.2 Å². The van der Waals surface area contributed by atoms with Gasteiger partial charge in [-0.05, 0) is 36.4 Å². The first kappa shape index (κ1) is 18.1. The number of amides is 1. The van der Waals surface area contributed by atoms with E-state index in [0.29, 0.717) is 39.4 Å². The molecule has 0 saturated carbocycles. The molecule has 1 amide bonds. The molecule has 2 aromatic carbocycles. The molecule has 0 atom stereocenters. The van der Waals surface area contributed by atoms with E-state index in [9.17, 15) is 4.79 Å². The molecule has 0 radical (unpaired) electrons. The van der Waals surface area contributed by atoms with Gasteiger partial charge < -0.3 is 20.8 Å². The molecule has 0 aliphatic carbocycles. The van der Waals surface area contributed by atoms with Gasteiger partial charge in [-0.2, -0.15) is 0 Å². The molecule has 4 aromatic rings. The van der Waals surface area contributed by atoms with Crippen molar-refractivity contribution in [1.29, 1.82) is 0 Å². The summed E-state index contributed by atoms with van der Waals surface area (Å²) in [7, 11) is 1.56. The lowest BCUT2D eigenvalue weighted by molar-refractivity contribution is 0.102. The third-order valence-corrected chi connectivity index (χ3v) is 4.29. The fourth-order valence-corrected chi connectivity index (χ4v) is 2.87. The molecule has 2 aromatic heterocycles. The Bertz CT molecular complexity index is 1270. The first-order valence-corrected chi connectivity index (χ1v) is 8.79. The Morgan fingerprint density at radius 3 is 2.86 bits per heavy atom.